The van der Waals surface area contributed by atoms with Crippen LogP contribution >= 0.6 is 0 Å². The van der Waals surface area contributed by atoms with Gasteiger partial charge in [0.15, 0.2) is 0 Å². The molecule has 1 aromatic rings. The second-order valence-electron chi connectivity index (χ2n) is 5.10. The van der Waals surface area contributed by atoms with Crippen molar-refractivity contribution in [1.82, 2.24) is 0 Å². The zero-order chi connectivity index (χ0) is 15.5. The highest BCUT2D eigenvalue weighted by molar-refractivity contribution is 5.43. The maximum Gasteiger partial charge on any atom is 0.270 e. The lowest BCUT2D eigenvalue weighted by Gasteiger charge is -2.11. The van der Waals surface area contributed by atoms with Crippen molar-refractivity contribution < 1.29 is 14.4 Å². The summed E-state index contributed by atoms with van der Waals surface area (Å²) in [7, 11) is 1.57. The Balaban J connectivity index is 2.44. The molecule has 118 valence electrons. The van der Waals surface area contributed by atoms with Crippen LogP contribution in [0.2, 0.25) is 0 Å². The van der Waals surface area contributed by atoms with Crippen LogP contribution in [0.15, 0.2) is 18.2 Å². The van der Waals surface area contributed by atoms with E-state index in [4.69, 9.17) is 9.47 Å². The lowest BCUT2D eigenvalue weighted by molar-refractivity contribution is -0.385. The Bertz CT molecular complexity index is 434. The standard InChI is InChI=1S/C16H25NO4/c1-3-4-5-6-7-8-11-21-16-10-9-15(17(18)19)12-14(16)13-20-2/h9-10,12H,3-8,11,13H2,1-2H3. The summed E-state index contributed by atoms with van der Waals surface area (Å²) in [6.07, 6.45) is 7.23. The first-order chi connectivity index (χ1) is 10.2. The number of hydrogen-bond donors (Lipinski definition) is 0. The van der Waals surface area contributed by atoms with Crippen molar-refractivity contribution in [3.63, 3.8) is 0 Å². The minimum atomic E-state index is -0.406. The normalized spacial score (nSPS) is 10.6. The molecule has 0 spiro atoms. The maximum atomic E-state index is 10.8. The third-order valence-corrected chi connectivity index (χ3v) is 3.31. The van der Waals surface area contributed by atoms with Gasteiger partial charge in [0.25, 0.3) is 5.69 Å². The Morgan fingerprint density at radius 2 is 1.86 bits per heavy atom. The fourth-order valence-corrected chi connectivity index (χ4v) is 2.15. The van der Waals surface area contributed by atoms with E-state index < -0.39 is 4.92 Å². The molecule has 0 saturated heterocycles. The van der Waals surface area contributed by atoms with Gasteiger partial charge in [-0.1, -0.05) is 39.0 Å². The molecule has 0 amide bonds. The molecule has 0 unspecified atom stereocenters. The Morgan fingerprint density at radius 3 is 2.52 bits per heavy atom. The summed E-state index contributed by atoms with van der Waals surface area (Å²) in [4.78, 5) is 10.4. The summed E-state index contributed by atoms with van der Waals surface area (Å²) in [5.41, 5.74) is 0.784. The Kier molecular flexibility index (Phi) is 8.43. The van der Waals surface area contributed by atoms with E-state index in [-0.39, 0.29) is 5.69 Å². The third-order valence-electron chi connectivity index (χ3n) is 3.31. The second kappa shape index (κ2) is 10.2. The second-order valence-corrected chi connectivity index (χ2v) is 5.10. The molecule has 1 aromatic carbocycles. The fourth-order valence-electron chi connectivity index (χ4n) is 2.15. The van der Waals surface area contributed by atoms with Gasteiger partial charge in [0, 0.05) is 24.8 Å². The molecule has 0 fully saturated rings. The first-order valence-corrected chi connectivity index (χ1v) is 7.58. The molecule has 0 aromatic heterocycles. The summed E-state index contributed by atoms with van der Waals surface area (Å²) in [6, 6.07) is 4.64. The predicted molar refractivity (Wildman–Crippen MR) is 82.7 cm³/mol. The van der Waals surface area contributed by atoms with Crippen LogP contribution in [0.5, 0.6) is 5.75 Å². The van der Waals surface area contributed by atoms with E-state index in [1.807, 2.05) is 0 Å². The summed E-state index contributed by atoms with van der Waals surface area (Å²) >= 11 is 0. The molecule has 5 heteroatoms. The quantitative estimate of drug-likeness (QED) is 0.343. The van der Waals surface area contributed by atoms with Crippen LogP contribution < -0.4 is 4.74 Å². The molecular formula is C16H25NO4. The molecule has 5 nitrogen and oxygen atoms in total. The van der Waals surface area contributed by atoms with E-state index in [0.29, 0.717) is 19.0 Å². The minimum Gasteiger partial charge on any atom is -0.493 e. The molecule has 0 aliphatic carbocycles. The Morgan fingerprint density at radius 1 is 1.14 bits per heavy atom. The van der Waals surface area contributed by atoms with Gasteiger partial charge in [-0.3, -0.25) is 10.1 Å². The molecule has 0 saturated carbocycles. The van der Waals surface area contributed by atoms with Crippen LogP contribution in [0.25, 0.3) is 0 Å². The molecule has 0 N–H and O–H groups in total. The van der Waals surface area contributed by atoms with Gasteiger partial charge in [-0.2, -0.15) is 0 Å². The van der Waals surface area contributed by atoms with Gasteiger partial charge in [0.05, 0.1) is 18.1 Å². The van der Waals surface area contributed by atoms with E-state index >= 15 is 0 Å². The van der Waals surface area contributed by atoms with E-state index in [0.717, 1.165) is 18.4 Å². The number of non-ortho nitro benzene ring substituents is 1. The lowest BCUT2D eigenvalue weighted by atomic mass is 10.1. The zero-order valence-electron chi connectivity index (χ0n) is 13.0. The van der Waals surface area contributed by atoms with Gasteiger partial charge in [-0.25, -0.2) is 0 Å². The van der Waals surface area contributed by atoms with Crippen molar-refractivity contribution in [2.45, 2.75) is 52.1 Å². The van der Waals surface area contributed by atoms with Gasteiger partial charge in [0.1, 0.15) is 5.75 Å². The van der Waals surface area contributed by atoms with Crippen LogP contribution in [0, 0.1) is 10.1 Å². The number of unbranched alkanes of at least 4 members (excludes halogenated alkanes) is 5. The van der Waals surface area contributed by atoms with Gasteiger partial charge >= 0.3 is 0 Å². The van der Waals surface area contributed by atoms with Crippen molar-refractivity contribution in [3.8, 4) is 5.75 Å². The monoisotopic (exact) mass is 295 g/mol. The predicted octanol–water partition coefficient (Wildman–Crippen LogP) is 4.48. The topological polar surface area (TPSA) is 61.6 Å². The van der Waals surface area contributed by atoms with Crippen LogP contribution in [0.4, 0.5) is 5.69 Å². The van der Waals surface area contributed by atoms with Crippen LogP contribution in [0.1, 0.15) is 51.0 Å². The number of nitrogens with zero attached hydrogens (tertiary/aromatic N) is 1. The Hall–Kier alpha value is -1.62. The van der Waals surface area contributed by atoms with Gasteiger partial charge < -0.3 is 9.47 Å². The van der Waals surface area contributed by atoms with Crippen LogP contribution in [-0.2, 0) is 11.3 Å². The number of nitro groups is 1. The highest BCUT2D eigenvalue weighted by Crippen LogP contribution is 2.25. The molecule has 1 rings (SSSR count). The molecule has 0 radical (unpaired) electrons. The number of nitro benzene ring substituents is 1. The summed E-state index contributed by atoms with van der Waals surface area (Å²) in [5.74, 6) is 0.677. The molecule has 0 heterocycles. The Labute approximate surface area is 126 Å². The highest BCUT2D eigenvalue weighted by atomic mass is 16.6. The third kappa shape index (κ3) is 6.58. The van der Waals surface area contributed by atoms with Crippen LogP contribution in [-0.4, -0.2) is 18.6 Å². The molecule has 0 aliphatic rings. The van der Waals surface area contributed by atoms with Crippen molar-refractivity contribution in [2.75, 3.05) is 13.7 Å². The van der Waals surface area contributed by atoms with Gasteiger partial charge in [-0.15, -0.1) is 0 Å². The average molecular weight is 295 g/mol. The fraction of sp³-hybridized carbons (Fsp3) is 0.625. The first-order valence-electron chi connectivity index (χ1n) is 7.58. The van der Waals surface area contributed by atoms with Crippen molar-refractivity contribution in [3.05, 3.63) is 33.9 Å². The van der Waals surface area contributed by atoms with Crippen LogP contribution in [0.3, 0.4) is 0 Å². The lowest BCUT2D eigenvalue weighted by Crippen LogP contribution is -2.02. The van der Waals surface area contributed by atoms with E-state index in [1.165, 1.54) is 37.8 Å². The SMILES string of the molecule is CCCCCCCCOc1ccc([N+](=O)[O-])cc1COC. The maximum absolute atomic E-state index is 10.8. The van der Waals surface area contributed by atoms with Gasteiger partial charge in [-0.05, 0) is 12.5 Å². The molecule has 0 bridgehead atoms. The van der Waals surface area contributed by atoms with Gasteiger partial charge in [0.2, 0.25) is 0 Å². The van der Waals surface area contributed by atoms with Crippen molar-refractivity contribution in [2.24, 2.45) is 0 Å². The van der Waals surface area contributed by atoms with E-state index in [9.17, 15) is 10.1 Å². The number of methoxy groups -OCH3 is 1. The molecule has 0 aliphatic heterocycles. The number of ether oxygens (including phenoxy) is 2. The number of hydrogen-bond acceptors (Lipinski definition) is 4. The summed E-state index contributed by atoms with van der Waals surface area (Å²) in [5, 5.41) is 10.8. The molecule has 21 heavy (non-hydrogen) atoms. The first kappa shape index (κ1) is 17.4. The molecular weight excluding hydrogens is 270 g/mol. The number of rotatable bonds is 11. The summed E-state index contributed by atoms with van der Waals surface area (Å²) in [6.45, 7) is 3.16. The zero-order valence-corrected chi connectivity index (χ0v) is 13.0. The largest absolute Gasteiger partial charge is 0.493 e. The minimum absolute atomic E-state index is 0.0639. The van der Waals surface area contributed by atoms with Crippen molar-refractivity contribution in [1.29, 1.82) is 0 Å². The molecule has 0 atom stereocenters. The van der Waals surface area contributed by atoms with E-state index in [2.05, 4.69) is 6.92 Å². The smallest absolute Gasteiger partial charge is 0.270 e. The van der Waals surface area contributed by atoms with Crippen molar-refractivity contribution >= 4 is 5.69 Å². The average Bonchev–Trinajstić information content (AvgIpc) is 2.47. The highest BCUT2D eigenvalue weighted by Gasteiger charge is 2.11. The number of benzene rings is 1. The summed E-state index contributed by atoms with van der Waals surface area (Å²) < 4.78 is 10.8. The van der Waals surface area contributed by atoms with E-state index in [1.54, 1.807) is 13.2 Å².